The van der Waals surface area contributed by atoms with Gasteiger partial charge in [-0.05, 0) is 30.3 Å². The molecule has 1 aromatic heterocycles. The molecule has 9 heteroatoms. The maximum Gasteiger partial charge on any atom is 0.341 e. The minimum absolute atomic E-state index is 0.0397. The maximum atomic E-state index is 13.7. The fourth-order valence-corrected chi connectivity index (χ4v) is 2.23. The molecular weight excluding hydrogens is 361 g/mol. The van der Waals surface area contributed by atoms with Crippen LogP contribution in [0.2, 0.25) is 5.02 Å². The molecule has 0 aliphatic rings. The Bertz CT molecular complexity index is 940. The van der Waals surface area contributed by atoms with Gasteiger partial charge in [-0.2, -0.15) is 15.0 Å². The van der Waals surface area contributed by atoms with Crippen LogP contribution in [0.25, 0.3) is 0 Å². The van der Waals surface area contributed by atoms with Crippen molar-refractivity contribution in [3.63, 3.8) is 0 Å². The lowest BCUT2D eigenvalue weighted by molar-refractivity contribution is 0.0457. The average molecular weight is 374 g/mol. The number of aromatic nitrogens is 3. The number of rotatable bonds is 5. The zero-order chi connectivity index (χ0) is 18.5. The minimum Gasteiger partial charge on any atom is -0.454 e. The maximum absolute atomic E-state index is 13.7. The number of carbonyl (C=O) groups is 1. The van der Waals surface area contributed by atoms with Crippen LogP contribution in [0.15, 0.2) is 48.5 Å². The Labute approximate surface area is 153 Å². The molecule has 7 nitrogen and oxygen atoms in total. The van der Waals surface area contributed by atoms with E-state index in [1.807, 2.05) is 30.3 Å². The van der Waals surface area contributed by atoms with E-state index in [1.54, 1.807) is 0 Å². The summed E-state index contributed by atoms with van der Waals surface area (Å²) in [6.45, 7) is -0.295. The van der Waals surface area contributed by atoms with Crippen molar-refractivity contribution in [2.45, 2.75) is 6.61 Å². The number of para-hydroxylation sites is 1. The Morgan fingerprint density at radius 1 is 1.15 bits per heavy atom. The lowest BCUT2D eigenvalue weighted by atomic mass is 10.2. The summed E-state index contributed by atoms with van der Waals surface area (Å²) in [5, 5.41) is 3.14. The van der Waals surface area contributed by atoms with Crippen molar-refractivity contribution in [2.75, 3.05) is 11.1 Å². The van der Waals surface area contributed by atoms with Gasteiger partial charge in [0.1, 0.15) is 5.82 Å². The molecule has 0 fully saturated rings. The Balaban J connectivity index is 1.70. The second-order valence-corrected chi connectivity index (χ2v) is 5.56. The molecule has 0 unspecified atom stereocenters. The van der Waals surface area contributed by atoms with Crippen molar-refractivity contribution in [3.05, 3.63) is 70.8 Å². The van der Waals surface area contributed by atoms with Gasteiger partial charge in [-0.25, -0.2) is 9.18 Å². The van der Waals surface area contributed by atoms with Gasteiger partial charge in [0.15, 0.2) is 12.4 Å². The molecule has 2 aromatic carbocycles. The molecule has 26 heavy (non-hydrogen) atoms. The number of anilines is 3. The predicted molar refractivity (Wildman–Crippen MR) is 94.5 cm³/mol. The lowest BCUT2D eigenvalue weighted by Gasteiger charge is -2.08. The second-order valence-electron chi connectivity index (χ2n) is 5.12. The van der Waals surface area contributed by atoms with Crippen LogP contribution in [-0.4, -0.2) is 20.9 Å². The Hall–Kier alpha value is -3.26. The highest BCUT2D eigenvalue weighted by atomic mass is 35.5. The molecule has 0 saturated carbocycles. The molecule has 0 amide bonds. The van der Waals surface area contributed by atoms with E-state index in [-0.39, 0.29) is 34.9 Å². The largest absolute Gasteiger partial charge is 0.454 e. The van der Waals surface area contributed by atoms with Crippen molar-refractivity contribution in [3.8, 4) is 0 Å². The molecular formula is C17H13ClFN5O2. The van der Waals surface area contributed by atoms with E-state index in [1.165, 1.54) is 12.1 Å². The molecule has 0 atom stereocenters. The van der Waals surface area contributed by atoms with Crippen LogP contribution in [0.4, 0.5) is 22.0 Å². The van der Waals surface area contributed by atoms with E-state index in [4.69, 9.17) is 22.1 Å². The first-order valence-electron chi connectivity index (χ1n) is 7.46. The molecule has 3 N–H and O–H groups in total. The number of hydrogen-bond acceptors (Lipinski definition) is 7. The molecule has 3 aromatic rings. The van der Waals surface area contributed by atoms with E-state index >= 15 is 0 Å². The van der Waals surface area contributed by atoms with Gasteiger partial charge in [0.05, 0.1) is 5.56 Å². The van der Waals surface area contributed by atoms with Crippen LogP contribution in [0.5, 0.6) is 0 Å². The third kappa shape index (κ3) is 4.42. The molecule has 1 heterocycles. The summed E-state index contributed by atoms with van der Waals surface area (Å²) in [4.78, 5) is 24.0. The van der Waals surface area contributed by atoms with Crippen molar-refractivity contribution in [2.24, 2.45) is 0 Å². The number of esters is 1. The van der Waals surface area contributed by atoms with Gasteiger partial charge >= 0.3 is 5.97 Å². The van der Waals surface area contributed by atoms with Crippen molar-refractivity contribution in [1.29, 1.82) is 0 Å². The number of hydrogen-bond donors (Lipinski definition) is 2. The number of carbonyl (C=O) groups excluding carboxylic acids is 1. The van der Waals surface area contributed by atoms with E-state index < -0.39 is 11.8 Å². The minimum atomic E-state index is -0.865. The summed E-state index contributed by atoms with van der Waals surface area (Å²) in [5.74, 6) is -1.35. The third-order valence-electron chi connectivity index (χ3n) is 3.21. The van der Waals surface area contributed by atoms with Gasteiger partial charge in [-0.3, -0.25) is 0 Å². The van der Waals surface area contributed by atoms with Crippen LogP contribution in [-0.2, 0) is 11.3 Å². The number of benzene rings is 2. The van der Waals surface area contributed by atoms with Crippen LogP contribution < -0.4 is 11.1 Å². The predicted octanol–water partition coefficient (Wildman–Crippen LogP) is 3.35. The van der Waals surface area contributed by atoms with Gasteiger partial charge in [0.25, 0.3) is 0 Å². The first-order valence-corrected chi connectivity index (χ1v) is 7.84. The summed E-state index contributed by atoms with van der Waals surface area (Å²) in [6, 6.07) is 12.9. The Morgan fingerprint density at radius 3 is 2.65 bits per heavy atom. The van der Waals surface area contributed by atoms with E-state index in [0.29, 0.717) is 0 Å². The average Bonchev–Trinajstić information content (AvgIpc) is 2.60. The van der Waals surface area contributed by atoms with Gasteiger partial charge in [0, 0.05) is 10.7 Å². The number of nitrogens with two attached hydrogens (primary N) is 1. The third-order valence-corrected chi connectivity index (χ3v) is 3.45. The first kappa shape index (κ1) is 17.6. The van der Waals surface area contributed by atoms with Gasteiger partial charge in [0.2, 0.25) is 11.9 Å². The monoisotopic (exact) mass is 373 g/mol. The second kappa shape index (κ2) is 7.75. The summed E-state index contributed by atoms with van der Waals surface area (Å²) in [6.07, 6.45) is 0. The Kier molecular flexibility index (Phi) is 5.23. The fourth-order valence-electron chi connectivity index (χ4n) is 2.07. The highest BCUT2D eigenvalue weighted by molar-refractivity contribution is 6.30. The molecule has 132 valence electrons. The number of nitrogens with one attached hydrogen (secondary N) is 1. The summed E-state index contributed by atoms with van der Waals surface area (Å²) in [5.41, 5.74) is 6.17. The van der Waals surface area contributed by atoms with E-state index in [2.05, 4.69) is 20.3 Å². The zero-order valence-electron chi connectivity index (χ0n) is 13.3. The molecule has 0 aliphatic carbocycles. The van der Waals surface area contributed by atoms with Crippen molar-refractivity contribution >= 4 is 35.2 Å². The first-order chi connectivity index (χ1) is 12.5. The number of ether oxygens (including phenoxy) is 1. The van der Waals surface area contributed by atoms with Gasteiger partial charge in [-0.1, -0.05) is 29.8 Å². The van der Waals surface area contributed by atoms with Crippen molar-refractivity contribution < 1.29 is 13.9 Å². The number of halogens is 2. The van der Waals surface area contributed by atoms with Crippen molar-refractivity contribution in [1.82, 2.24) is 15.0 Å². The van der Waals surface area contributed by atoms with Crippen LogP contribution in [0.1, 0.15) is 16.2 Å². The molecule has 0 spiro atoms. The highest BCUT2D eigenvalue weighted by Crippen LogP contribution is 2.16. The molecule has 3 rings (SSSR count). The standard InChI is InChI=1S/C17H13ClFN5O2/c18-10-6-7-12(13(19)8-10)15(25)26-9-14-22-16(20)24-17(23-14)21-11-4-2-1-3-5-11/h1-8H,9H2,(H3,20,21,22,23,24). The zero-order valence-corrected chi connectivity index (χ0v) is 14.1. The van der Waals surface area contributed by atoms with Gasteiger partial charge < -0.3 is 15.8 Å². The quantitative estimate of drug-likeness (QED) is 0.661. The number of nitrogen functional groups attached to an aromatic ring is 1. The topological polar surface area (TPSA) is 103 Å². The fraction of sp³-hybridized carbons (Fsp3) is 0.0588. The molecule has 0 saturated heterocycles. The smallest absolute Gasteiger partial charge is 0.341 e. The highest BCUT2D eigenvalue weighted by Gasteiger charge is 2.15. The normalized spacial score (nSPS) is 10.4. The van der Waals surface area contributed by atoms with E-state index in [0.717, 1.165) is 11.8 Å². The summed E-state index contributed by atoms with van der Waals surface area (Å²) in [7, 11) is 0. The number of nitrogens with zero attached hydrogens (tertiary/aromatic N) is 3. The van der Waals surface area contributed by atoms with Gasteiger partial charge in [-0.15, -0.1) is 0 Å². The molecule has 0 aliphatic heterocycles. The summed E-state index contributed by atoms with van der Waals surface area (Å²) >= 11 is 5.66. The van der Waals surface area contributed by atoms with Crippen LogP contribution in [0.3, 0.4) is 0 Å². The molecule has 0 bridgehead atoms. The SMILES string of the molecule is Nc1nc(COC(=O)c2ccc(Cl)cc2F)nc(Nc2ccccc2)n1. The van der Waals surface area contributed by atoms with E-state index in [9.17, 15) is 9.18 Å². The van der Waals surface area contributed by atoms with Crippen LogP contribution in [0, 0.1) is 5.82 Å². The Morgan fingerprint density at radius 2 is 1.92 bits per heavy atom. The van der Waals surface area contributed by atoms with Crippen LogP contribution >= 0.6 is 11.6 Å². The molecule has 0 radical (unpaired) electrons. The lowest BCUT2D eigenvalue weighted by Crippen LogP contribution is -2.12. The summed E-state index contributed by atoms with van der Waals surface area (Å²) < 4.78 is 18.8.